The summed E-state index contributed by atoms with van der Waals surface area (Å²) in [6, 6.07) is 8.58. The highest BCUT2D eigenvalue weighted by Crippen LogP contribution is 2.19. The zero-order chi connectivity index (χ0) is 13.0. The van der Waals surface area contributed by atoms with E-state index < -0.39 is 5.97 Å². The van der Waals surface area contributed by atoms with Crippen LogP contribution in [0.5, 0.6) is 0 Å². The van der Waals surface area contributed by atoms with Gasteiger partial charge in [-0.25, -0.2) is 0 Å². The fourth-order valence-electron chi connectivity index (χ4n) is 2.61. The van der Waals surface area contributed by atoms with Crippen LogP contribution >= 0.6 is 0 Å². The van der Waals surface area contributed by atoms with Crippen LogP contribution in [0, 0.1) is 5.92 Å². The van der Waals surface area contributed by atoms with Crippen molar-refractivity contribution in [3.05, 3.63) is 35.4 Å². The zero-order valence-electron chi connectivity index (χ0n) is 10.9. The van der Waals surface area contributed by atoms with Gasteiger partial charge in [-0.3, -0.25) is 9.69 Å². The second-order valence-corrected chi connectivity index (χ2v) is 5.09. The fraction of sp³-hybridized carbons (Fsp3) is 0.533. The molecule has 1 atom stereocenters. The van der Waals surface area contributed by atoms with Gasteiger partial charge in [0.2, 0.25) is 0 Å². The van der Waals surface area contributed by atoms with Gasteiger partial charge in [-0.05, 0) is 36.9 Å². The zero-order valence-corrected chi connectivity index (χ0v) is 10.9. The molecule has 1 fully saturated rings. The summed E-state index contributed by atoms with van der Waals surface area (Å²) in [7, 11) is 0. The lowest BCUT2D eigenvalue weighted by Crippen LogP contribution is -2.38. The van der Waals surface area contributed by atoms with Gasteiger partial charge >= 0.3 is 5.97 Å². The van der Waals surface area contributed by atoms with Crippen molar-refractivity contribution >= 4 is 5.97 Å². The topological polar surface area (TPSA) is 40.5 Å². The minimum absolute atomic E-state index is 0.187. The molecule has 0 spiro atoms. The third-order valence-electron chi connectivity index (χ3n) is 3.66. The molecule has 1 aliphatic rings. The van der Waals surface area contributed by atoms with Gasteiger partial charge in [0.25, 0.3) is 0 Å². The lowest BCUT2D eigenvalue weighted by Gasteiger charge is -2.30. The molecule has 1 unspecified atom stereocenters. The molecular weight excluding hydrogens is 226 g/mol. The van der Waals surface area contributed by atoms with E-state index in [2.05, 4.69) is 36.1 Å². The van der Waals surface area contributed by atoms with Crippen LogP contribution in [0.3, 0.4) is 0 Å². The van der Waals surface area contributed by atoms with E-state index in [1.807, 2.05) is 0 Å². The number of aryl methyl sites for hydroxylation is 1. The Morgan fingerprint density at radius 3 is 2.94 bits per heavy atom. The Bertz CT molecular complexity index is 417. The van der Waals surface area contributed by atoms with E-state index in [9.17, 15) is 4.79 Å². The van der Waals surface area contributed by atoms with E-state index in [0.29, 0.717) is 6.54 Å². The first-order chi connectivity index (χ1) is 8.69. The molecule has 1 aromatic rings. The van der Waals surface area contributed by atoms with Gasteiger partial charge in [0.05, 0.1) is 5.92 Å². The Morgan fingerprint density at radius 2 is 2.22 bits per heavy atom. The van der Waals surface area contributed by atoms with Crippen molar-refractivity contribution in [2.45, 2.75) is 32.7 Å². The van der Waals surface area contributed by atoms with E-state index in [4.69, 9.17) is 5.11 Å². The summed E-state index contributed by atoms with van der Waals surface area (Å²) >= 11 is 0. The lowest BCUT2D eigenvalue weighted by atomic mass is 9.97. The van der Waals surface area contributed by atoms with Gasteiger partial charge in [0.1, 0.15) is 0 Å². The third-order valence-corrected chi connectivity index (χ3v) is 3.66. The van der Waals surface area contributed by atoms with Gasteiger partial charge in [-0.1, -0.05) is 31.2 Å². The summed E-state index contributed by atoms with van der Waals surface area (Å²) in [6.45, 7) is 4.73. The number of rotatable bonds is 4. The number of likely N-dealkylation sites (tertiary alicyclic amines) is 1. The quantitative estimate of drug-likeness (QED) is 0.889. The molecule has 1 aromatic carbocycles. The maximum absolute atomic E-state index is 11.0. The Labute approximate surface area is 108 Å². The summed E-state index contributed by atoms with van der Waals surface area (Å²) in [6.07, 6.45) is 2.86. The van der Waals surface area contributed by atoms with Gasteiger partial charge in [0.15, 0.2) is 0 Å². The Morgan fingerprint density at radius 1 is 1.44 bits per heavy atom. The second-order valence-electron chi connectivity index (χ2n) is 5.09. The standard InChI is InChI=1S/C15H21NO2/c1-2-12-5-3-6-13(9-12)10-16-8-4-7-14(11-16)15(17)18/h3,5-6,9,14H,2,4,7-8,10-11H2,1H3,(H,17,18). The molecule has 0 saturated carbocycles. The van der Waals surface area contributed by atoms with E-state index in [0.717, 1.165) is 32.4 Å². The van der Waals surface area contributed by atoms with E-state index in [-0.39, 0.29) is 5.92 Å². The van der Waals surface area contributed by atoms with Crippen LogP contribution in [0.1, 0.15) is 30.9 Å². The highest BCUT2D eigenvalue weighted by Gasteiger charge is 2.25. The molecule has 1 aliphatic heterocycles. The van der Waals surface area contributed by atoms with Crippen molar-refractivity contribution in [1.29, 1.82) is 0 Å². The van der Waals surface area contributed by atoms with Crippen molar-refractivity contribution in [3.8, 4) is 0 Å². The first-order valence-corrected chi connectivity index (χ1v) is 6.72. The number of aliphatic carboxylic acids is 1. The first kappa shape index (κ1) is 13.1. The minimum atomic E-state index is -0.651. The van der Waals surface area contributed by atoms with Crippen LogP contribution in [-0.4, -0.2) is 29.1 Å². The van der Waals surface area contributed by atoms with Crippen LogP contribution < -0.4 is 0 Å². The summed E-state index contributed by atoms with van der Waals surface area (Å²) in [4.78, 5) is 13.3. The highest BCUT2D eigenvalue weighted by atomic mass is 16.4. The predicted octanol–water partition coefficient (Wildman–Crippen LogP) is 2.55. The van der Waals surface area contributed by atoms with Crippen LogP contribution in [0.2, 0.25) is 0 Å². The van der Waals surface area contributed by atoms with Crippen LogP contribution in [-0.2, 0) is 17.8 Å². The highest BCUT2D eigenvalue weighted by molar-refractivity contribution is 5.70. The molecule has 1 heterocycles. The molecular formula is C15H21NO2. The smallest absolute Gasteiger partial charge is 0.307 e. The first-order valence-electron chi connectivity index (χ1n) is 6.72. The minimum Gasteiger partial charge on any atom is -0.481 e. The number of carboxylic acids is 1. The lowest BCUT2D eigenvalue weighted by molar-refractivity contribution is -0.143. The van der Waals surface area contributed by atoms with E-state index >= 15 is 0 Å². The maximum Gasteiger partial charge on any atom is 0.307 e. The molecule has 3 heteroatoms. The molecule has 0 radical (unpaired) electrons. The fourth-order valence-corrected chi connectivity index (χ4v) is 2.61. The monoisotopic (exact) mass is 247 g/mol. The van der Waals surface area contributed by atoms with Crippen molar-refractivity contribution in [1.82, 2.24) is 4.90 Å². The summed E-state index contributed by atoms with van der Waals surface area (Å²) in [5.74, 6) is -0.838. The number of carboxylic acid groups (broad SMARTS) is 1. The maximum atomic E-state index is 11.0. The number of piperidine rings is 1. The normalized spacial score (nSPS) is 20.8. The molecule has 0 aliphatic carbocycles. The van der Waals surface area contributed by atoms with Crippen molar-refractivity contribution in [2.75, 3.05) is 13.1 Å². The van der Waals surface area contributed by atoms with Crippen LogP contribution in [0.4, 0.5) is 0 Å². The number of nitrogens with zero attached hydrogens (tertiary/aromatic N) is 1. The molecule has 0 amide bonds. The van der Waals surface area contributed by atoms with Crippen LogP contribution in [0.15, 0.2) is 24.3 Å². The Hall–Kier alpha value is -1.35. The third kappa shape index (κ3) is 3.33. The number of hydrogen-bond donors (Lipinski definition) is 1. The summed E-state index contributed by atoms with van der Waals surface area (Å²) < 4.78 is 0. The number of hydrogen-bond acceptors (Lipinski definition) is 2. The molecule has 0 bridgehead atoms. The van der Waals surface area contributed by atoms with E-state index in [1.54, 1.807) is 0 Å². The molecule has 1 saturated heterocycles. The second kappa shape index (κ2) is 6.01. The van der Waals surface area contributed by atoms with Gasteiger partial charge < -0.3 is 5.11 Å². The van der Waals surface area contributed by atoms with Crippen molar-refractivity contribution in [2.24, 2.45) is 5.92 Å². The van der Waals surface area contributed by atoms with Gasteiger partial charge in [-0.15, -0.1) is 0 Å². The van der Waals surface area contributed by atoms with Gasteiger partial charge in [-0.2, -0.15) is 0 Å². The summed E-state index contributed by atoms with van der Waals surface area (Å²) in [5.41, 5.74) is 2.64. The largest absolute Gasteiger partial charge is 0.481 e. The molecule has 3 nitrogen and oxygen atoms in total. The predicted molar refractivity (Wildman–Crippen MR) is 71.5 cm³/mol. The summed E-state index contributed by atoms with van der Waals surface area (Å²) in [5, 5.41) is 9.08. The average Bonchev–Trinajstić information content (AvgIpc) is 2.39. The van der Waals surface area contributed by atoms with E-state index in [1.165, 1.54) is 11.1 Å². The van der Waals surface area contributed by atoms with Crippen molar-refractivity contribution < 1.29 is 9.90 Å². The van der Waals surface area contributed by atoms with Crippen molar-refractivity contribution in [3.63, 3.8) is 0 Å². The van der Waals surface area contributed by atoms with Gasteiger partial charge in [0, 0.05) is 13.1 Å². The molecule has 2 rings (SSSR count). The Kier molecular flexibility index (Phi) is 4.37. The molecule has 0 aromatic heterocycles. The molecule has 18 heavy (non-hydrogen) atoms. The SMILES string of the molecule is CCc1cccc(CN2CCCC(C(=O)O)C2)c1. The number of carbonyl (C=O) groups is 1. The van der Waals surface area contributed by atoms with Crippen LogP contribution in [0.25, 0.3) is 0 Å². The average molecular weight is 247 g/mol. The molecule has 1 N–H and O–H groups in total. The molecule has 98 valence electrons. The number of benzene rings is 1. The Balaban J connectivity index is 1.97.